The summed E-state index contributed by atoms with van der Waals surface area (Å²) in [6.45, 7) is 4.40. The summed E-state index contributed by atoms with van der Waals surface area (Å²) < 4.78 is 4.46. The Balaban J connectivity index is 2.29. The zero-order chi connectivity index (χ0) is 7.90. The molecule has 1 fully saturated rings. The summed E-state index contributed by atoms with van der Waals surface area (Å²) in [4.78, 5) is 1.35. The molecule has 0 radical (unpaired) electrons. The maximum Gasteiger partial charge on any atom is 0.0606 e. The van der Waals surface area contributed by atoms with E-state index in [2.05, 4.69) is 24.3 Å². The zero-order valence-electron chi connectivity index (χ0n) is 7.05. The third-order valence-corrected chi connectivity index (χ3v) is 3.40. The van der Waals surface area contributed by atoms with Gasteiger partial charge < -0.3 is 0 Å². The first-order valence-corrected chi connectivity index (χ1v) is 4.98. The van der Waals surface area contributed by atoms with Crippen LogP contribution >= 0.6 is 11.5 Å². The Morgan fingerprint density at radius 1 is 1.64 bits per heavy atom. The molecule has 0 amide bonds. The van der Waals surface area contributed by atoms with Crippen LogP contribution in [0.3, 0.4) is 0 Å². The van der Waals surface area contributed by atoms with Crippen molar-refractivity contribution in [3.8, 4) is 0 Å². The van der Waals surface area contributed by atoms with E-state index in [-0.39, 0.29) is 0 Å². The van der Waals surface area contributed by atoms with Gasteiger partial charge in [-0.05, 0) is 43.8 Å². The summed E-state index contributed by atoms with van der Waals surface area (Å²) in [7, 11) is 0. The van der Waals surface area contributed by atoms with Crippen LogP contribution in [-0.2, 0) is 5.41 Å². The van der Waals surface area contributed by atoms with E-state index in [0.717, 1.165) is 0 Å². The second kappa shape index (κ2) is 2.31. The minimum atomic E-state index is 0.505. The smallest absolute Gasteiger partial charge is 0.0606 e. The SMILES string of the molecule is CCC1(c2cc(C)sn2)CC1. The molecule has 1 heterocycles. The molecule has 1 aromatic rings. The molecule has 60 valence electrons. The average Bonchev–Trinajstić information content (AvgIpc) is 2.70. The van der Waals surface area contributed by atoms with Gasteiger partial charge in [0, 0.05) is 10.3 Å². The maximum absolute atomic E-state index is 4.46. The number of aryl methyl sites for hydroxylation is 1. The molecule has 0 spiro atoms. The molecule has 0 bridgehead atoms. The molecule has 1 aliphatic carbocycles. The Morgan fingerprint density at radius 2 is 2.36 bits per heavy atom. The molecular formula is C9H13NS. The van der Waals surface area contributed by atoms with E-state index in [1.807, 2.05) is 0 Å². The number of hydrogen-bond acceptors (Lipinski definition) is 2. The highest BCUT2D eigenvalue weighted by Gasteiger charge is 2.44. The van der Waals surface area contributed by atoms with Crippen molar-refractivity contribution >= 4 is 11.5 Å². The molecular weight excluding hydrogens is 154 g/mol. The van der Waals surface area contributed by atoms with Crippen LogP contribution in [0.4, 0.5) is 0 Å². The summed E-state index contributed by atoms with van der Waals surface area (Å²) in [6.07, 6.45) is 3.97. The van der Waals surface area contributed by atoms with E-state index in [1.54, 1.807) is 11.5 Å². The monoisotopic (exact) mass is 167 g/mol. The molecule has 1 saturated carbocycles. The lowest BCUT2D eigenvalue weighted by Crippen LogP contribution is -2.03. The number of rotatable bonds is 2. The van der Waals surface area contributed by atoms with Crippen molar-refractivity contribution in [2.45, 2.75) is 38.5 Å². The normalized spacial score (nSPS) is 20.2. The standard InChI is InChI=1S/C9H13NS/c1-3-9(4-5-9)8-6-7(2)11-10-8/h6H,3-5H2,1-2H3. The van der Waals surface area contributed by atoms with Gasteiger partial charge in [-0.25, -0.2) is 0 Å². The Hall–Kier alpha value is -0.370. The van der Waals surface area contributed by atoms with Crippen LogP contribution in [0.2, 0.25) is 0 Å². The summed E-state index contributed by atoms with van der Waals surface area (Å²) in [6, 6.07) is 2.25. The molecule has 0 aliphatic heterocycles. The first-order chi connectivity index (χ1) is 5.27. The minimum Gasteiger partial charge on any atom is -0.197 e. The van der Waals surface area contributed by atoms with Gasteiger partial charge in [0.1, 0.15) is 0 Å². The van der Waals surface area contributed by atoms with Crippen LogP contribution in [-0.4, -0.2) is 4.37 Å². The molecule has 0 N–H and O–H groups in total. The van der Waals surface area contributed by atoms with Gasteiger partial charge in [-0.1, -0.05) is 6.92 Å². The fourth-order valence-corrected chi connectivity index (χ4v) is 2.21. The van der Waals surface area contributed by atoms with Crippen molar-refractivity contribution in [2.24, 2.45) is 0 Å². The van der Waals surface area contributed by atoms with E-state index in [0.29, 0.717) is 5.41 Å². The second-order valence-corrected chi connectivity index (χ2v) is 4.47. The van der Waals surface area contributed by atoms with Crippen molar-refractivity contribution in [3.05, 3.63) is 16.6 Å². The van der Waals surface area contributed by atoms with E-state index in [9.17, 15) is 0 Å². The van der Waals surface area contributed by atoms with Crippen LogP contribution < -0.4 is 0 Å². The van der Waals surface area contributed by atoms with Gasteiger partial charge in [0.2, 0.25) is 0 Å². The van der Waals surface area contributed by atoms with Gasteiger partial charge in [-0.2, -0.15) is 4.37 Å². The molecule has 2 heteroatoms. The van der Waals surface area contributed by atoms with Gasteiger partial charge in [0.25, 0.3) is 0 Å². The molecule has 0 atom stereocenters. The Morgan fingerprint density at radius 3 is 2.73 bits per heavy atom. The van der Waals surface area contributed by atoms with Gasteiger partial charge in [-0.15, -0.1) is 0 Å². The molecule has 0 unspecified atom stereocenters. The summed E-state index contributed by atoms with van der Waals surface area (Å²) >= 11 is 1.64. The van der Waals surface area contributed by atoms with Gasteiger partial charge >= 0.3 is 0 Å². The van der Waals surface area contributed by atoms with E-state index >= 15 is 0 Å². The third-order valence-electron chi connectivity index (χ3n) is 2.70. The predicted octanol–water partition coefficient (Wildman–Crippen LogP) is 2.89. The molecule has 0 saturated heterocycles. The van der Waals surface area contributed by atoms with E-state index in [4.69, 9.17) is 0 Å². The van der Waals surface area contributed by atoms with E-state index in [1.165, 1.54) is 29.8 Å². The molecule has 11 heavy (non-hydrogen) atoms. The lowest BCUT2D eigenvalue weighted by molar-refractivity contribution is 0.649. The van der Waals surface area contributed by atoms with Crippen LogP contribution in [0.15, 0.2) is 6.07 Å². The maximum atomic E-state index is 4.46. The van der Waals surface area contributed by atoms with Crippen LogP contribution in [0, 0.1) is 6.92 Å². The first kappa shape index (κ1) is 7.29. The summed E-state index contributed by atoms with van der Waals surface area (Å²) in [5.74, 6) is 0. The number of hydrogen-bond donors (Lipinski definition) is 0. The topological polar surface area (TPSA) is 12.9 Å². The largest absolute Gasteiger partial charge is 0.197 e. The highest BCUT2D eigenvalue weighted by molar-refractivity contribution is 7.05. The molecule has 1 nitrogen and oxygen atoms in total. The summed E-state index contributed by atoms with van der Waals surface area (Å²) in [5, 5.41) is 0. The summed E-state index contributed by atoms with van der Waals surface area (Å²) in [5.41, 5.74) is 1.85. The van der Waals surface area contributed by atoms with E-state index < -0.39 is 0 Å². The van der Waals surface area contributed by atoms with Crippen molar-refractivity contribution in [3.63, 3.8) is 0 Å². The van der Waals surface area contributed by atoms with Crippen molar-refractivity contribution < 1.29 is 0 Å². The highest BCUT2D eigenvalue weighted by atomic mass is 32.1. The Labute approximate surface area is 71.6 Å². The fourth-order valence-electron chi connectivity index (χ4n) is 1.56. The predicted molar refractivity (Wildman–Crippen MR) is 48.1 cm³/mol. The van der Waals surface area contributed by atoms with Crippen molar-refractivity contribution in [1.29, 1.82) is 0 Å². The quantitative estimate of drug-likeness (QED) is 0.660. The first-order valence-electron chi connectivity index (χ1n) is 4.21. The highest BCUT2D eigenvalue weighted by Crippen LogP contribution is 2.50. The molecule has 2 rings (SSSR count). The average molecular weight is 167 g/mol. The van der Waals surface area contributed by atoms with Crippen LogP contribution in [0.1, 0.15) is 36.8 Å². The number of nitrogens with zero attached hydrogens (tertiary/aromatic N) is 1. The van der Waals surface area contributed by atoms with Crippen LogP contribution in [0.5, 0.6) is 0 Å². The lowest BCUT2D eigenvalue weighted by atomic mass is 9.99. The minimum absolute atomic E-state index is 0.505. The van der Waals surface area contributed by atoms with Crippen molar-refractivity contribution in [2.75, 3.05) is 0 Å². The second-order valence-electron chi connectivity index (χ2n) is 3.46. The Bertz CT molecular complexity index is 260. The van der Waals surface area contributed by atoms with Crippen molar-refractivity contribution in [1.82, 2.24) is 4.37 Å². The number of aromatic nitrogens is 1. The van der Waals surface area contributed by atoms with Crippen LogP contribution in [0.25, 0.3) is 0 Å². The molecule has 0 aromatic carbocycles. The van der Waals surface area contributed by atoms with Gasteiger partial charge in [-0.3, -0.25) is 0 Å². The zero-order valence-corrected chi connectivity index (χ0v) is 7.87. The third kappa shape index (κ3) is 1.09. The molecule has 1 aromatic heterocycles. The van der Waals surface area contributed by atoms with Gasteiger partial charge in [0.15, 0.2) is 0 Å². The Kier molecular flexibility index (Phi) is 1.53. The lowest BCUT2D eigenvalue weighted by Gasteiger charge is -2.06. The van der Waals surface area contributed by atoms with Gasteiger partial charge in [0.05, 0.1) is 5.69 Å². The fraction of sp³-hybridized carbons (Fsp3) is 0.667. The molecule has 1 aliphatic rings.